The van der Waals surface area contributed by atoms with Crippen molar-refractivity contribution in [2.24, 2.45) is 5.92 Å². The lowest BCUT2D eigenvalue weighted by Crippen LogP contribution is -2.29. The zero-order chi connectivity index (χ0) is 10.2. The van der Waals surface area contributed by atoms with Gasteiger partial charge >= 0.3 is 0 Å². The van der Waals surface area contributed by atoms with Crippen LogP contribution in [0.5, 0.6) is 0 Å². The van der Waals surface area contributed by atoms with Crippen LogP contribution in [-0.2, 0) is 9.53 Å². The molecule has 0 aromatic rings. The van der Waals surface area contributed by atoms with Crippen LogP contribution in [0, 0.1) is 5.92 Å². The van der Waals surface area contributed by atoms with Gasteiger partial charge in [-0.15, -0.1) is 0 Å². The standard InChI is InChI=1S/C10H19NO3/c12-6-8-14-7-4-9-3-1-2-5-11-10(9)13/h9,12H,1-8H2,(H,11,13). The summed E-state index contributed by atoms with van der Waals surface area (Å²) < 4.78 is 5.14. The van der Waals surface area contributed by atoms with E-state index in [1.54, 1.807) is 0 Å². The van der Waals surface area contributed by atoms with Crippen LogP contribution in [0.2, 0.25) is 0 Å². The van der Waals surface area contributed by atoms with Crippen LogP contribution in [0.15, 0.2) is 0 Å². The van der Waals surface area contributed by atoms with Crippen LogP contribution in [0.4, 0.5) is 0 Å². The molecular formula is C10H19NO3. The number of ether oxygens (including phenoxy) is 1. The van der Waals surface area contributed by atoms with Crippen molar-refractivity contribution in [1.82, 2.24) is 5.32 Å². The average Bonchev–Trinajstić information content (AvgIpc) is 2.39. The molecular weight excluding hydrogens is 182 g/mol. The highest BCUT2D eigenvalue weighted by atomic mass is 16.5. The fourth-order valence-electron chi connectivity index (χ4n) is 1.67. The second-order valence-corrected chi connectivity index (χ2v) is 3.61. The molecule has 4 heteroatoms. The van der Waals surface area contributed by atoms with Crippen molar-refractivity contribution in [2.45, 2.75) is 25.7 Å². The second kappa shape index (κ2) is 6.79. The van der Waals surface area contributed by atoms with Gasteiger partial charge in [0.25, 0.3) is 0 Å². The largest absolute Gasteiger partial charge is 0.394 e. The van der Waals surface area contributed by atoms with Crippen LogP contribution in [0.1, 0.15) is 25.7 Å². The summed E-state index contributed by atoms with van der Waals surface area (Å²) in [7, 11) is 0. The quantitative estimate of drug-likeness (QED) is 0.629. The predicted octanol–water partition coefficient (Wildman–Crippen LogP) is 0.302. The third-order valence-electron chi connectivity index (χ3n) is 2.50. The molecule has 1 aliphatic heterocycles. The fourth-order valence-corrected chi connectivity index (χ4v) is 1.67. The Morgan fingerprint density at radius 3 is 3.07 bits per heavy atom. The van der Waals surface area contributed by atoms with Crippen molar-refractivity contribution in [2.75, 3.05) is 26.4 Å². The smallest absolute Gasteiger partial charge is 0.223 e. The third kappa shape index (κ3) is 4.07. The van der Waals surface area contributed by atoms with Crippen LogP contribution in [0.25, 0.3) is 0 Å². The van der Waals surface area contributed by atoms with Gasteiger partial charge in [0.2, 0.25) is 5.91 Å². The van der Waals surface area contributed by atoms with Crippen molar-refractivity contribution >= 4 is 5.91 Å². The molecule has 0 radical (unpaired) electrons. The summed E-state index contributed by atoms with van der Waals surface area (Å²) in [6.45, 7) is 1.80. The topological polar surface area (TPSA) is 58.6 Å². The molecule has 1 heterocycles. The highest BCUT2D eigenvalue weighted by molar-refractivity contribution is 5.78. The zero-order valence-corrected chi connectivity index (χ0v) is 8.50. The van der Waals surface area contributed by atoms with Crippen LogP contribution >= 0.6 is 0 Å². The third-order valence-corrected chi connectivity index (χ3v) is 2.50. The van der Waals surface area contributed by atoms with E-state index in [2.05, 4.69) is 5.32 Å². The Hall–Kier alpha value is -0.610. The predicted molar refractivity (Wildman–Crippen MR) is 52.9 cm³/mol. The van der Waals surface area contributed by atoms with Crippen molar-refractivity contribution in [3.63, 3.8) is 0 Å². The monoisotopic (exact) mass is 201 g/mol. The Morgan fingerprint density at radius 2 is 2.29 bits per heavy atom. The summed E-state index contributed by atoms with van der Waals surface area (Å²) in [6, 6.07) is 0. The van der Waals surface area contributed by atoms with Gasteiger partial charge in [-0.2, -0.15) is 0 Å². The molecule has 1 aliphatic rings. The Balaban J connectivity index is 2.16. The number of amides is 1. The highest BCUT2D eigenvalue weighted by Gasteiger charge is 2.19. The fraction of sp³-hybridized carbons (Fsp3) is 0.900. The normalized spacial score (nSPS) is 22.9. The number of nitrogens with one attached hydrogen (secondary N) is 1. The molecule has 0 aliphatic carbocycles. The number of carbonyl (C=O) groups is 1. The molecule has 1 amide bonds. The molecule has 0 bridgehead atoms. The summed E-state index contributed by atoms with van der Waals surface area (Å²) in [5, 5.41) is 11.4. The highest BCUT2D eigenvalue weighted by Crippen LogP contribution is 2.15. The van der Waals surface area contributed by atoms with E-state index in [0.29, 0.717) is 13.2 Å². The molecule has 1 rings (SSSR count). The van der Waals surface area contributed by atoms with E-state index in [1.807, 2.05) is 0 Å². The Kier molecular flexibility index (Phi) is 5.56. The molecule has 1 fully saturated rings. The Morgan fingerprint density at radius 1 is 1.43 bits per heavy atom. The van der Waals surface area contributed by atoms with E-state index in [0.717, 1.165) is 32.2 Å². The SMILES string of the molecule is O=C1NCCCCC1CCOCCO. The van der Waals surface area contributed by atoms with Gasteiger partial charge in [0, 0.05) is 19.1 Å². The average molecular weight is 201 g/mol. The first-order valence-corrected chi connectivity index (χ1v) is 5.31. The maximum Gasteiger partial charge on any atom is 0.223 e. The number of hydrogen-bond acceptors (Lipinski definition) is 3. The number of aliphatic hydroxyl groups excluding tert-OH is 1. The molecule has 14 heavy (non-hydrogen) atoms. The zero-order valence-electron chi connectivity index (χ0n) is 8.50. The molecule has 82 valence electrons. The molecule has 1 atom stereocenters. The summed E-state index contributed by atoms with van der Waals surface area (Å²) in [4.78, 5) is 11.5. The summed E-state index contributed by atoms with van der Waals surface area (Å²) in [6.07, 6.45) is 3.93. The lowest BCUT2D eigenvalue weighted by molar-refractivity contribution is -0.125. The number of hydrogen-bond donors (Lipinski definition) is 2. The maximum atomic E-state index is 11.5. The van der Waals surface area contributed by atoms with Crippen molar-refractivity contribution < 1.29 is 14.6 Å². The number of aliphatic hydroxyl groups is 1. The molecule has 2 N–H and O–H groups in total. The molecule has 0 spiro atoms. The van der Waals surface area contributed by atoms with E-state index in [-0.39, 0.29) is 18.4 Å². The summed E-state index contributed by atoms with van der Waals surface area (Å²) in [5.74, 6) is 0.270. The van der Waals surface area contributed by atoms with Gasteiger partial charge < -0.3 is 15.2 Å². The van der Waals surface area contributed by atoms with Crippen molar-refractivity contribution in [3.05, 3.63) is 0 Å². The lowest BCUT2D eigenvalue weighted by Gasteiger charge is -2.12. The Bertz CT molecular complexity index is 173. The van der Waals surface area contributed by atoms with E-state index in [4.69, 9.17) is 9.84 Å². The van der Waals surface area contributed by atoms with E-state index < -0.39 is 0 Å². The maximum absolute atomic E-state index is 11.5. The minimum atomic E-state index is 0.0524. The van der Waals surface area contributed by atoms with E-state index >= 15 is 0 Å². The summed E-state index contributed by atoms with van der Waals surface area (Å²) in [5.41, 5.74) is 0. The minimum absolute atomic E-state index is 0.0524. The van der Waals surface area contributed by atoms with Crippen molar-refractivity contribution in [3.8, 4) is 0 Å². The van der Waals surface area contributed by atoms with Gasteiger partial charge in [-0.1, -0.05) is 6.42 Å². The first-order valence-electron chi connectivity index (χ1n) is 5.31. The first kappa shape index (κ1) is 11.5. The molecule has 0 aromatic heterocycles. The molecule has 0 saturated carbocycles. The number of rotatable bonds is 5. The van der Waals surface area contributed by atoms with Gasteiger partial charge in [-0.25, -0.2) is 0 Å². The van der Waals surface area contributed by atoms with Gasteiger partial charge in [0.1, 0.15) is 0 Å². The van der Waals surface area contributed by atoms with Gasteiger partial charge in [-0.05, 0) is 19.3 Å². The lowest BCUT2D eigenvalue weighted by atomic mass is 9.99. The summed E-state index contributed by atoms with van der Waals surface area (Å²) >= 11 is 0. The molecule has 0 aromatic carbocycles. The van der Waals surface area contributed by atoms with Crippen LogP contribution in [-0.4, -0.2) is 37.4 Å². The van der Waals surface area contributed by atoms with E-state index in [1.165, 1.54) is 0 Å². The molecule has 1 unspecified atom stereocenters. The van der Waals surface area contributed by atoms with Crippen LogP contribution in [0.3, 0.4) is 0 Å². The van der Waals surface area contributed by atoms with Gasteiger partial charge in [-0.3, -0.25) is 4.79 Å². The van der Waals surface area contributed by atoms with E-state index in [9.17, 15) is 4.79 Å². The Labute approximate surface area is 84.6 Å². The van der Waals surface area contributed by atoms with Crippen molar-refractivity contribution in [1.29, 1.82) is 0 Å². The number of carbonyl (C=O) groups excluding carboxylic acids is 1. The minimum Gasteiger partial charge on any atom is -0.394 e. The van der Waals surface area contributed by atoms with Gasteiger partial charge in [0.05, 0.1) is 13.2 Å². The van der Waals surface area contributed by atoms with Gasteiger partial charge in [0.15, 0.2) is 0 Å². The molecule has 4 nitrogen and oxygen atoms in total. The molecule has 1 saturated heterocycles. The van der Waals surface area contributed by atoms with Crippen LogP contribution < -0.4 is 5.32 Å². The first-order chi connectivity index (χ1) is 6.84. The second-order valence-electron chi connectivity index (χ2n) is 3.61.